The van der Waals surface area contributed by atoms with Crippen LogP contribution < -0.4 is 14.2 Å². The summed E-state index contributed by atoms with van der Waals surface area (Å²) >= 11 is 0. The van der Waals surface area contributed by atoms with Gasteiger partial charge in [0.25, 0.3) is 0 Å². The number of aryl methyl sites for hydroxylation is 2. The fourth-order valence-corrected chi connectivity index (χ4v) is 6.11. The van der Waals surface area contributed by atoms with E-state index in [2.05, 4.69) is 35.9 Å². The molecule has 0 radical (unpaired) electrons. The van der Waals surface area contributed by atoms with E-state index in [1.165, 1.54) is 7.11 Å². The van der Waals surface area contributed by atoms with Crippen molar-refractivity contribution < 1.29 is 28.1 Å². The van der Waals surface area contributed by atoms with Crippen LogP contribution in [0.15, 0.2) is 54.7 Å². The first-order chi connectivity index (χ1) is 19.9. The SMILES string of the molecule is COC(=O)CC1COc2cc(O[C@@H]3CCc4c(-c5c(C)cc(-c6ccnc(OC)n6)cc5C)ccc(F)c43)ccc21. The third kappa shape index (κ3) is 4.99. The zero-order chi connectivity index (χ0) is 28.7. The van der Waals surface area contributed by atoms with Crippen molar-refractivity contribution in [2.45, 2.75) is 45.1 Å². The van der Waals surface area contributed by atoms with Crippen molar-refractivity contribution in [3.8, 4) is 39.9 Å². The Bertz CT molecular complexity index is 1630. The van der Waals surface area contributed by atoms with Crippen molar-refractivity contribution in [1.82, 2.24) is 9.97 Å². The van der Waals surface area contributed by atoms with Gasteiger partial charge in [0.2, 0.25) is 0 Å². The molecule has 2 atom stereocenters. The van der Waals surface area contributed by atoms with Gasteiger partial charge in [-0.05, 0) is 84.8 Å². The van der Waals surface area contributed by atoms with E-state index in [0.29, 0.717) is 42.5 Å². The Hall–Kier alpha value is -4.46. The summed E-state index contributed by atoms with van der Waals surface area (Å²) in [6.07, 6.45) is 2.91. The van der Waals surface area contributed by atoms with Gasteiger partial charge in [0.05, 0.1) is 32.9 Å². The minimum Gasteiger partial charge on any atom is -0.492 e. The fourth-order valence-electron chi connectivity index (χ4n) is 6.11. The van der Waals surface area contributed by atoms with Crippen LogP contribution >= 0.6 is 0 Å². The first-order valence-corrected chi connectivity index (χ1v) is 13.7. The van der Waals surface area contributed by atoms with Crippen LogP contribution in [0.25, 0.3) is 22.4 Å². The normalized spacial score (nSPS) is 17.0. The minimum atomic E-state index is -0.413. The van der Waals surface area contributed by atoms with Gasteiger partial charge < -0.3 is 18.9 Å². The molecule has 0 saturated carbocycles. The van der Waals surface area contributed by atoms with Gasteiger partial charge in [-0.1, -0.05) is 12.1 Å². The zero-order valence-electron chi connectivity index (χ0n) is 23.5. The standard InChI is InChI=1S/C33H31FN2O5/c1-18-13-20(27-11-12-35-33(36-27)39-4)14-19(2)31(18)24-7-9-26(34)32-25(24)8-10-28(32)41-22-5-6-23-21(15-30(37)38-3)17-40-29(23)16-22/h5-7,9,11-14,16,21,28H,8,10,15,17H2,1-4H3/t21?,28-/m1/s1. The first-order valence-electron chi connectivity index (χ1n) is 13.7. The average molecular weight is 555 g/mol. The first kappa shape index (κ1) is 26.7. The van der Waals surface area contributed by atoms with E-state index < -0.39 is 6.10 Å². The lowest BCUT2D eigenvalue weighted by atomic mass is 9.88. The largest absolute Gasteiger partial charge is 0.492 e. The lowest BCUT2D eigenvalue weighted by Crippen LogP contribution is -2.09. The molecule has 0 spiro atoms. The lowest BCUT2D eigenvalue weighted by Gasteiger charge is -2.19. The topological polar surface area (TPSA) is 79.8 Å². The number of ether oxygens (including phenoxy) is 4. The number of hydrogen-bond acceptors (Lipinski definition) is 7. The van der Waals surface area contributed by atoms with Crippen LogP contribution in [0.4, 0.5) is 4.39 Å². The van der Waals surface area contributed by atoms with Crippen LogP contribution in [0.1, 0.15) is 52.7 Å². The summed E-state index contributed by atoms with van der Waals surface area (Å²) in [7, 11) is 2.93. The Balaban J connectivity index is 1.29. The van der Waals surface area contributed by atoms with Gasteiger partial charge in [0.15, 0.2) is 0 Å². The van der Waals surface area contributed by atoms with Gasteiger partial charge in [-0.25, -0.2) is 9.37 Å². The third-order valence-corrected chi connectivity index (χ3v) is 7.98. The predicted octanol–water partition coefficient (Wildman–Crippen LogP) is 6.68. The van der Waals surface area contributed by atoms with Crippen molar-refractivity contribution in [3.63, 3.8) is 0 Å². The summed E-state index contributed by atoms with van der Waals surface area (Å²) in [5.41, 5.74) is 8.56. The maximum atomic E-state index is 15.3. The molecule has 1 aliphatic carbocycles. The highest BCUT2D eigenvalue weighted by Crippen LogP contribution is 2.45. The molecular formula is C33H31FN2O5. The molecule has 7 nitrogen and oxygen atoms in total. The molecule has 0 saturated heterocycles. The Morgan fingerprint density at radius 3 is 2.63 bits per heavy atom. The molecule has 2 heterocycles. The summed E-state index contributed by atoms with van der Waals surface area (Å²) in [5, 5.41) is 0. The molecule has 4 aromatic rings. The van der Waals surface area contributed by atoms with Crippen LogP contribution in [0.5, 0.6) is 17.5 Å². The maximum Gasteiger partial charge on any atom is 0.316 e. The Labute approximate surface area is 238 Å². The number of esters is 1. The number of carbonyl (C=O) groups is 1. The molecule has 0 N–H and O–H groups in total. The number of aromatic nitrogens is 2. The highest BCUT2D eigenvalue weighted by Gasteiger charge is 2.32. The summed E-state index contributed by atoms with van der Waals surface area (Å²) < 4.78 is 37.5. The second kappa shape index (κ2) is 10.8. The number of carbonyl (C=O) groups excluding carboxylic acids is 1. The Kier molecular flexibility index (Phi) is 7.07. The molecule has 41 heavy (non-hydrogen) atoms. The fraction of sp³-hybridized carbons (Fsp3) is 0.303. The Morgan fingerprint density at radius 2 is 1.88 bits per heavy atom. The average Bonchev–Trinajstić information content (AvgIpc) is 3.58. The van der Waals surface area contributed by atoms with Gasteiger partial charge in [-0.3, -0.25) is 4.79 Å². The van der Waals surface area contributed by atoms with E-state index in [-0.39, 0.29) is 24.1 Å². The van der Waals surface area contributed by atoms with Crippen molar-refractivity contribution in [1.29, 1.82) is 0 Å². The summed E-state index contributed by atoms with van der Waals surface area (Å²) in [6, 6.07) is 15.4. The van der Waals surface area contributed by atoms with E-state index in [1.807, 2.05) is 30.3 Å². The van der Waals surface area contributed by atoms with Gasteiger partial charge >= 0.3 is 12.0 Å². The molecule has 0 bridgehead atoms. The van der Waals surface area contributed by atoms with E-state index in [0.717, 1.165) is 44.6 Å². The Morgan fingerprint density at radius 1 is 1.07 bits per heavy atom. The van der Waals surface area contributed by atoms with Crippen LogP contribution in [0.3, 0.4) is 0 Å². The molecule has 0 amide bonds. The van der Waals surface area contributed by atoms with Crippen molar-refractivity contribution in [3.05, 3.63) is 88.4 Å². The van der Waals surface area contributed by atoms with Crippen LogP contribution in [-0.4, -0.2) is 36.8 Å². The molecule has 1 aromatic heterocycles. The number of nitrogens with zero attached hydrogens (tertiary/aromatic N) is 2. The van der Waals surface area contributed by atoms with E-state index in [1.54, 1.807) is 19.4 Å². The number of halogens is 1. The van der Waals surface area contributed by atoms with Crippen LogP contribution in [-0.2, 0) is 16.0 Å². The van der Waals surface area contributed by atoms with E-state index in [9.17, 15) is 4.79 Å². The minimum absolute atomic E-state index is 0.0482. The van der Waals surface area contributed by atoms with Gasteiger partial charge in [-0.2, -0.15) is 4.98 Å². The third-order valence-electron chi connectivity index (χ3n) is 7.98. The van der Waals surface area contributed by atoms with Gasteiger partial charge in [0.1, 0.15) is 23.4 Å². The molecule has 3 aromatic carbocycles. The molecule has 6 rings (SSSR count). The molecule has 8 heteroatoms. The molecular weight excluding hydrogens is 523 g/mol. The number of methoxy groups -OCH3 is 2. The smallest absolute Gasteiger partial charge is 0.316 e. The van der Waals surface area contributed by atoms with Crippen molar-refractivity contribution in [2.24, 2.45) is 0 Å². The monoisotopic (exact) mass is 554 g/mol. The molecule has 1 aliphatic heterocycles. The number of hydrogen-bond donors (Lipinski definition) is 0. The summed E-state index contributed by atoms with van der Waals surface area (Å²) in [5.74, 6) is 0.725. The van der Waals surface area contributed by atoms with E-state index in [4.69, 9.17) is 18.9 Å². The number of rotatable bonds is 7. The van der Waals surface area contributed by atoms with Crippen molar-refractivity contribution >= 4 is 5.97 Å². The van der Waals surface area contributed by atoms with Gasteiger partial charge in [0, 0.05) is 34.9 Å². The zero-order valence-corrected chi connectivity index (χ0v) is 23.5. The molecule has 210 valence electrons. The second-order valence-corrected chi connectivity index (χ2v) is 10.5. The van der Waals surface area contributed by atoms with Crippen LogP contribution in [0, 0.1) is 19.7 Å². The highest BCUT2D eigenvalue weighted by molar-refractivity contribution is 5.79. The van der Waals surface area contributed by atoms with Gasteiger partial charge in [-0.15, -0.1) is 0 Å². The number of fused-ring (bicyclic) bond motifs is 2. The number of benzene rings is 3. The molecule has 1 unspecified atom stereocenters. The molecule has 2 aliphatic rings. The quantitative estimate of drug-likeness (QED) is 0.236. The highest BCUT2D eigenvalue weighted by atomic mass is 19.1. The maximum absolute atomic E-state index is 15.3. The summed E-state index contributed by atoms with van der Waals surface area (Å²) in [4.78, 5) is 20.3. The lowest BCUT2D eigenvalue weighted by molar-refractivity contribution is -0.141. The second-order valence-electron chi connectivity index (χ2n) is 10.5. The van der Waals surface area contributed by atoms with Crippen molar-refractivity contribution in [2.75, 3.05) is 20.8 Å². The molecule has 0 fully saturated rings. The predicted molar refractivity (Wildman–Crippen MR) is 152 cm³/mol. The van der Waals surface area contributed by atoms with E-state index >= 15 is 4.39 Å². The van der Waals surface area contributed by atoms with Crippen LogP contribution in [0.2, 0.25) is 0 Å². The summed E-state index contributed by atoms with van der Waals surface area (Å²) in [6.45, 7) is 4.56.